The number of hydrogen-bond acceptors (Lipinski definition) is 6. The van der Waals surface area contributed by atoms with Crippen molar-refractivity contribution in [2.24, 2.45) is 5.41 Å². The SMILES string of the molecule is COC(=O)C1(CS(=O)(=O)N2CCC(Oc3ccc(C(F)(F)F)cc3)CC2)CCOCC1. The summed E-state index contributed by atoms with van der Waals surface area (Å²) in [4.78, 5) is 12.3. The van der Waals surface area contributed by atoms with Gasteiger partial charge in [0, 0.05) is 26.3 Å². The second kappa shape index (κ2) is 9.33. The van der Waals surface area contributed by atoms with Crippen LogP contribution in [-0.4, -0.2) is 64.0 Å². The third-order valence-corrected chi connectivity index (χ3v) is 7.88. The zero-order valence-electron chi connectivity index (χ0n) is 17.2. The molecule has 31 heavy (non-hydrogen) atoms. The smallest absolute Gasteiger partial charge is 0.416 e. The standard InChI is InChI=1S/C20H26F3NO6S/c1-28-18(25)19(8-12-29-13-9-19)14-31(26,27)24-10-6-17(7-11-24)30-16-4-2-15(3-5-16)20(21,22)23/h2-5,17H,6-14H2,1H3. The van der Waals surface area contributed by atoms with Crippen LogP contribution in [0.4, 0.5) is 13.2 Å². The van der Waals surface area contributed by atoms with Crippen molar-refractivity contribution in [2.75, 3.05) is 39.2 Å². The summed E-state index contributed by atoms with van der Waals surface area (Å²) in [6.45, 7) is 1.02. The molecule has 0 N–H and O–H groups in total. The lowest BCUT2D eigenvalue weighted by molar-refractivity contribution is -0.156. The van der Waals surface area contributed by atoms with E-state index in [0.717, 1.165) is 12.1 Å². The predicted molar refractivity (Wildman–Crippen MR) is 105 cm³/mol. The molecule has 0 bridgehead atoms. The molecule has 0 amide bonds. The van der Waals surface area contributed by atoms with Gasteiger partial charge in [-0.2, -0.15) is 13.2 Å². The highest BCUT2D eigenvalue weighted by molar-refractivity contribution is 7.89. The number of alkyl halides is 3. The normalized spacial score (nSPS) is 20.9. The highest BCUT2D eigenvalue weighted by atomic mass is 32.2. The molecule has 1 aromatic carbocycles. The molecule has 0 spiro atoms. The number of nitrogens with zero attached hydrogens (tertiary/aromatic N) is 1. The third kappa shape index (κ3) is 5.69. The van der Waals surface area contributed by atoms with E-state index in [1.165, 1.54) is 23.5 Å². The molecule has 1 aromatic rings. The first kappa shape index (κ1) is 23.8. The summed E-state index contributed by atoms with van der Waals surface area (Å²) >= 11 is 0. The van der Waals surface area contributed by atoms with Gasteiger partial charge in [0.1, 0.15) is 11.9 Å². The summed E-state index contributed by atoms with van der Waals surface area (Å²) in [5.74, 6) is -0.568. The number of hydrogen-bond donors (Lipinski definition) is 0. The van der Waals surface area contributed by atoms with Crippen molar-refractivity contribution in [3.05, 3.63) is 29.8 Å². The Labute approximate surface area is 179 Å². The molecule has 0 radical (unpaired) electrons. The van der Waals surface area contributed by atoms with E-state index >= 15 is 0 Å². The number of ether oxygens (including phenoxy) is 3. The van der Waals surface area contributed by atoms with E-state index in [9.17, 15) is 26.4 Å². The van der Waals surface area contributed by atoms with E-state index in [4.69, 9.17) is 14.2 Å². The molecule has 0 aromatic heterocycles. The zero-order chi connectivity index (χ0) is 22.7. The maximum Gasteiger partial charge on any atom is 0.416 e. The van der Waals surface area contributed by atoms with Crippen LogP contribution in [0.15, 0.2) is 24.3 Å². The summed E-state index contributed by atoms with van der Waals surface area (Å²) in [5.41, 5.74) is -1.87. The molecule has 0 atom stereocenters. The number of halogens is 3. The molecule has 2 saturated heterocycles. The molecular formula is C20H26F3NO6S. The lowest BCUT2D eigenvalue weighted by Gasteiger charge is -2.37. The quantitative estimate of drug-likeness (QED) is 0.601. The van der Waals surface area contributed by atoms with Crippen LogP contribution in [0.1, 0.15) is 31.2 Å². The number of benzene rings is 1. The third-order valence-electron chi connectivity index (χ3n) is 5.81. The van der Waals surface area contributed by atoms with Crippen molar-refractivity contribution >= 4 is 16.0 Å². The lowest BCUT2D eigenvalue weighted by Crippen LogP contribution is -2.49. The van der Waals surface area contributed by atoms with Gasteiger partial charge in [-0.25, -0.2) is 12.7 Å². The van der Waals surface area contributed by atoms with E-state index in [0.29, 0.717) is 31.8 Å². The van der Waals surface area contributed by atoms with Crippen LogP contribution in [0, 0.1) is 5.41 Å². The minimum absolute atomic E-state index is 0.210. The lowest BCUT2D eigenvalue weighted by atomic mass is 9.82. The van der Waals surface area contributed by atoms with Crippen molar-refractivity contribution in [1.82, 2.24) is 4.31 Å². The molecular weight excluding hydrogens is 439 g/mol. The second-order valence-corrected chi connectivity index (χ2v) is 9.85. The van der Waals surface area contributed by atoms with Crippen LogP contribution in [0.25, 0.3) is 0 Å². The topological polar surface area (TPSA) is 82.1 Å². The van der Waals surface area contributed by atoms with Crippen LogP contribution in [0.3, 0.4) is 0 Å². The van der Waals surface area contributed by atoms with Gasteiger partial charge in [0.2, 0.25) is 10.0 Å². The summed E-state index contributed by atoms with van der Waals surface area (Å²) in [7, 11) is -2.47. The minimum atomic E-state index is -4.41. The van der Waals surface area contributed by atoms with Gasteiger partial charge in [0.05, 0.1) is 23.8 Å². The van der Waals surface area contributed by atoms with Crippen LogP contribution < -0.4 is 4.74 Å². The summed E-state index contributed by atoms with van der Waals surface area (Å²) < 4.78 is 81.2. The van der Waals surface area contributed by atoms with E-state index in [2.05, 4.69) is 0 Å². The monoisotopic (exact) mass is 465 g/mol. The average Bonchev–Trinajstić information content (AvgIpc) is 2.73. The molecule has 7 nitrogen and oxygen atoms in total. The fourth-order valence-corrected chi connectivity index (χ4v) is 6.02. The molecule has 2 aliphatic heterocycles. The fourth-order valence-electron chi connectivity index (χ4n) is 3.97. The maximum absolute atomic E-state index is 13.0. The molecule has 174 valence electrons. The predicted octanol–water partition coefficient (Wildman–Crippen LogP) is 2.85. The molecule has 0 unspecified atom stereocenters. The largest absolute Gasteiger partial charge is 0.490 e. The summed E-state index contributed by atoms with van der Waals surface area (Å²) in [6.07, 6.45) is -3.35. The van der Waals surface area contributed by atoms with Gasteiger partial charge in [0.15, 0.2) is 0 Å². The van der Waals surface area contributed by atoms with Gasteiger partial charge in [-0.15, -0.1) is 0 Å². The van der Waals surface area contributed by atoms with Crippen molar-refractivity contribution in [3.63, 3.8) is 0 Å². The van der Waals surface area contributed by atoms with E-state index in [1.54, 1.807) is 0 Å². The van der Waals surface area contributed by atoms with Crippen LogP contribution >= 0.6 is 0 Å². The molecule has 0 saturated carbocycles. The Hall–Kier alpha value is -1.85. The van der Waals surface area contributed by atoms with Gasteiger partial charge < -0.3 is 14.2 Å². The minimum Gasteiger partial charge on any atom is -0.490 e. The van der Waals surface area contributed by atoms with Crippen molar-refractivity contribution in [3.8, 4) is 5.75 Å². The van der Waals surface area contributed by atoms with Crippen molar-refractivity contribution < 1.29 is 40.6 Å². The Morgan fingerprint density at radius 1 is 1.16 bits per heavy atom. The maximum atomic E-state index is 13.0. The number of sulfonamides is 1. The van der Waals surface area contributed by atoms with Gasteiger partial charge in [-0.1, -0.05) is 0 Å². The van der Waals surface area contributed by atoms with Crippen molar-refractivity contribution in [1.29, 1.82) is 0 Å². The van der Waals surface area contributed by atoms with Gasteiger partial charge >= 0.3 is 12.1 Å². The number of methoxy groups -OCH3 is 1. The van der Waals surface area contributed by atoms with E-state index < -0.39 is 33.1 Å². The molecule has 3 rings (SSSR count). The molecule has 0 aliphatic carbocycles. The Morgan fingerprint density at radius 3 is 2.26 bits per heavy atom. The number of rotatable bonds is 6. The highest BCUT2D eigenvalue weighted by Crippen LogP contribution is 2.35. The first-order valence-corrected chi connectivity index (χ1v) is 11.6. The number of esters is 1. The molecule has 2 aliphatic rings. The van der Waals surface area contributed by atoms with E-state index in [-0.39, 0.29) is 37.8 Å². The zero-order valence-corrected chi connectivity index (χ0v) is 18.0. The molecule has 2 fully saturated rings. The highest BCUT2D eigenvalue weighted by Gasteiger charge is 2.46. The van der Waals surface area contributed by atoms with Crippen LogP contribution in [-0.2, 0) is 30.5 Å². The Morgan fingerprint density at radius 2 is 1.74 bits per heavy atom. The summed E-state index contributed by atoms with van der Waals surface area (Å²) in [6, 6.07) is 4.43. The second-order valence-electron chi connectivity index (χ2n) is 7.88. The van der Waals surface area contributed by atoms with Crippen LogP contribution in [0.5, 0.6) is 5.75 Å². The van der Waals surface area contributed by atoms with Crippen LogP contribution in [0.2, 0.25) is 0 Å². The van der Waals surface area contributed by atoms with Gasteiger partial charge in [0.25, 0.3) is 0 Å². The first-order valence-electron chi connectivity index (χ1n) is 10.0. The Bertz CT molecular complexity index is 858. The fraction of sp³-hybridized carbons (Fsp3) is 0.650. The number of carbonyl (C=O) groups excluding carboxylic acids is 1. The van der Waals surface area contributed by atoms with Crippen molar-refractivity contribution in [2.45, 2.75) is 38.0 Å². The molecule has 11 heteroatoms. The first-order chi connectivity index (χ1) is 14.6. The Balaban J connectivity index is 1.58. The van der Waals surface area contributed by atoms with Gasteiger partial charge in [-0.05, 0) is 49.9 Å². The number of carbonyl (C=O) groups is 1. The summed E-state index contributed by atoms with van der Waals surface area (Å²) in [5, 5.41) is 0. The number of piperidine rings is 1. The molecule has 2 heterocycles. The average molecular weight is 465 g/mol. The van der Waals surface area contributed by atoms with Gasteiger partial charge in [-0.3, -0.25) is 4.79 Å². The Kier molecular flexibility index (Phi) is 7.17. The van der Waals surface area contributed by atoms with E-state index in [1.807, 2.05) is 0 Å².